The molecule has 108 valence electrons. The smallest absolute Gasteiger partial charge is 0.330 e. The van der Waals surface area contributed by atoms with Crippen LogP contribution >= 0.6 is 15.9 Å². The maximum atomic E-state index is 12.4. The minimum Gasteiger partial charge on any atom is -0.467 e. The first-order valence-corrected chi connectivity index (χ1v) is 7.08. The minimum absolute atomic E-state index is 0.246. The third-order valence-electron chi connectivity index (χ3n) is 3.56. The van der Waals surface area contributed by atoms with Crippen LogP contribution < -0.4 is 5.32 Å². The van der Waals surface area contributed by atoms with Crippen molar-refractivity contribution in [3.63, 3.8) is 0 Å². The highest BCUT2D eigenvalue weighted by Gasteiger charge is 2.51. The maximum Gasteiger partial charge on any atom is 0.330 e. The Morgan fingerprint density at radius 3 is 2.45 bits per heavy atom. The molecule has 1 aliphatic carbocycles. The van der Waals surface area contributed by atoms with Crippen molar-refractivity contribution in [3.05, 3.63) is 34.3 Å². The lowest BCUT2D eigenvalue weighted by Gasteiger charge is -2.20. The number of aliphatic hydroxyl groups excluding tert-OH is 1. The third-order valence-corrected chi connectivity index (χ3v) is 4.08. The number of hydrogen-bond donors (Lipinski definition) is 2. The summed E-state index contributed by atoms with van der Waals surface area (Å²) < 4.78 is 5.48. The predicted molar refractivity (Wildman–Crippen MR) is 76.1 cm³/mol. The number of halogens is 1. The Labute approximate surface area is 125 Å². The SMILES string of the molecule is COC(=O)C(CO)NC(=O)C1(c2ccc(Br)cc2)CC1. The van der Waals surface area contributed by atoms with E-state index in [1.807, 2.05) is 24.3 Å². The number of ether oxygens (including phenoxy) is 1. The number of carbonyl (C=O) groups excluding carboxylic acids is 2. The highest BCUT2D eigenvalue weighted by molar-refractivity contribution is 9.10. The van der Waals surface area contributed by atoms with Gasteiger partial charge in [-0.3, -0.25) is 4.79 Å². The first kappa shape index (κ1) is 15.0. The number of methoxy groups -OCH3 is 1. The molecule has 1 amide bonds. The van der Waals surface area contributed by atoms with Crippen molar-refractivity contribution in [3.8, 4) is 0 Å². The fourth-order valence-electron chi connectivity index (χ4n) is 2.16. The van der Waals surface area contributed by atoms with Gasteiger partial charge in [0.05, 0.1) is 19.1 Å². The summed E-state index contributed by atoms with van der Waals surface area (Å²) in [5.41, 5.74) is 0.335. The number of nitrogens with one attached hydrogen (secondary N) is 1. The largest absolute Gasteiger partial charge is 0.467 e. The molecule has 0 aliphatic heterocycles. The Kier molecular flexibility index (Phi) is 4.45. The van der Waals surface area contributed by atoms with Gasteiger partial charge in [0, 0.05) is 4.47 Å². The second-order valence-electron chi connectivity index (χ2n) is 4.82. The molecule has 1 atom stereocenters. The van der Waals surface area contributed by atoms with E-state index in [4.69, 9.17) is 5.11 Å². The first-order valence-electron chi connectivity index (χ1n) is 6.29. The van der Waals surface area contributed by atoms with Crippen LogP contribution in [0.5, 0.6) is 0 Å². The van der Waals surface area contributed by atoms with Gasteiger partial charge in [-0.05, 0) is 30.5 Å². The van der Waals surface area contributed by atoms with Gasteiger partial charge in [-0.1, -0.05) is 28.1 Å². The van der Waals surface area contributed by atoms with Gasteiger partial charge in [0.1, 0.15) is 0 Å². The van der Waals surface area contributed by atoms with E-state index in [-0.39, 0.29) is 5.91 Å². The van der Waals surface area contributed by atoms with Crippen LogP contribution in [0.15, 0.2) is 28.7 Å². The molecular formula is C14H16BrNO4. The predicted octanol–water partition coefficient (Wildman–Crippen LogP) is 1.13. The molecule has 0 spiro atoms. The van der Waals surface area contributed by atoms with Gasteiger partial charge in [0.25, 0.3) is 0 Å². The molecule has 1 saturated carbocycles. The van der Waals surface area contributed by atoms with Crippen molar-refractivity contribution in [2.24, 2.45) is 0 Å². The van der Waals surface area contributed by atoms with Gasteiger partial charge >= 0.3 is 5.97 Å². The molecule has 0 bridgehead atoms. The van der Waals surface area contributed by atoms with Crippen molar-refractivity contribution in [1.29, 1.82) is 0 Å². The van der Waals surface area contributed by atoms with E-state index in [0.29, 0.717) is 0 Å². The molecule has 1 aromatic carbocycles. The van der Waals surface area contributed by atoms with Gasteiger partial charge in [-0.15, -0.1) is 0 Å². The monoisotopic (exact) mass is 341 g/mol. The highest BCUT2D eigenvalue weighted by Crippen LogP contribution is 2.48. The molecule has 1 unspecified atom stereocenters. The minimum atomic E-state index is -1.01. The second kappa shape index (κ2) is 5.93. The normalized spacial score (nSPS) is 17.1. The van der Waals surface area contributed by atoms with Gasteiger partial charge < -0.3 is 15.2 Å². The Morgan fingerprint density at radius 2 is 2.00 bits per heavy atom. The summed E-state index contributed by atoms with van der Waals surface area (Å²) in [4.78, 5) is 23.8. The van der Waals surface area contributed by atoms with Crippen LogP contribution in [0.2, 0.25) is 0 Å². The van der Waals surface area contributed by atoms with E-state index in [1.54, 1.807) is 0 Å². The number of benzene rings is 1. The van der Waals surface area contributed by atoms with Gasteiger partial charge in [-0.25, -0.2) is 4.79 Å². The molecule has 2 rings (SSSR count). The Hall–Kier alpha value is -1.40. The zero-order valence-corrected chi connectivity index (χ0v) is 12.6. The van der Waals surface area contributed by atoms with E-state index >= 15 is 0 Å². The summed E-state index contributed by atoms with van der Waals surface area (Å²) in [6.45, 7) is -0.477. The van der Waals surface area contributed by atoms with E-state index in [2.05, 4.69) is 26.0 Å². The van der Waals surface area contributed by atoms with Gasteiger partial charge in [0.2, 0.25) is 5.91 Å². The molecule has 0 aromatic heterocycles. The number of carbonyl (C=O) groups is 2. The molecule has 5 nitrogen and oxygen atoms in total. The van der Waals surface area contributed by atoms with Crippen LogP contribution in [0.3, 0.4) is 0 Å². The molecule has 1 fully saturated rings. The summed E-state index contributed by atoms with van der Waals surface area (Å²) in [5.74, 6) is -0.892. The van der Waals surface area contributed by atoms with Crippen LogP contribution in [0, 0.1) is 0 Å². The highest BCUT2D eigenvalue weighted by atomic mass is 79.9. The van der Waals surface area contributed by atoms with Crippen LogP contribution in [-0.4, -0.2) is 36.7 Å². The molecule has 0 saturated heterocycles. The molecular weight excluding hydrogens is 326 g/mol. The summed E-state index contributed by atoms with van der Waals surface area (Å²) in [7, 11) is 1.22. The van der Waals surface area contributed by atoms with E-state index < -0.39 is 24.0 Å². The molecule has 2 N–H and O–H groups in total. The first-order chi connectivity index (χ1) is 9.53. The average molecular weight is 342 g/mol. The summed E-state index contributed by atoms with van der Waals surface area (Å²) in [6.07, 6.45) is 1.47. The van der Waals surface area contributed by atoms with Crippen LogP contribution in [0.25, 0.3) is 0 Å². The molecule has 20 heavy (non-hydrogen) atoms. The third kappa shape index (κ3) is 2.86. The number of esters is 1. The number of hydrogen-bond acceptors (Lipinski definition) is 4. The maximum absolute atomic E-state index is 12.4. The van der Waals surface area contributed by atoms with Crippen molar-refractivity contribution >= 4 is 27.8 Å². The van der Waals surface area contributed by atoms with Gasteiger partial charge in [-0.2, -0.15) is 0 Å². The molecule has 0 heterocycles. The van der Waals surface area contributed by atoms with Gasteiger partial charge in [0.15, 0.2) is 6.04 Å². The van der Waals surface area contributed by atoms with E-state index in [9.17, 15) is 9.59 Å². The quantitative estimate of drug-likeness (QED) is 0.787. The van der Waals surface area contributed by atoms with E-state index in [0.717, 1.165) is 22.9 Å². The Balaban J connectivity index is 2.12. The number of amides is 1. The summed E-state index contributed by atoms with van der Waals surface area (Å²) in [5, 5.41) is 11.7. The molecule has 0 radical (unpaired) electrons. The fourth-order valence-corrected chi connectivity index (χ4v) is 2.42. The average Bonchev–Trinajstić information content (AvgIpc) is 3.26. The second-order valence-corrected chi connectivity index (χ2v) is 5.74. The van der Waals surface area contributed by atoms with E-state index in [1.165, 1.54) is 7.11 Å². The Morgan fingerprint density at radius 1 is 1.40 bits per heavy atom. The topological polar surface area (TPSA) is 75.6 Å². The molecule has 1 aliphatic rings. The Bertz CT molecular complexity index is 510. The lowest BCUT2D eigenvalue weighted by Crippen LogP contribution is -2.48. The van der Waals surface area contributed by atoms with Crippen LogP contribution in [0.1, 0.15) is 18.4 Å². The molecule has 6 heteroatoms. The lowest BCUT2D eigenvalue weighted by atomic mass is 9.95. The number of rotatable bonds is 5. The fraction of sp³-hybridized carbons (Fsp3) is 0.429. The number of aliphatic hydroxyl groups is 1. The lowest BCUT2D eigenvalue weighted by molar-refractivity contribution is -0.146. The summed E-state index contributed by atoms with van der Waals surface area (Å²) >= 11 is 3.35. The zero-order chi connectivity index (χ0) is 14.8. The zero-order valence-electron chi connectivity index (χ0n) is 11.1. The standard InChI is InChI=1S/C14H16BrNO4/c1-20-12(18)11(8-17)16-13(19)14(6-7-14)9-2-4-10(15)5-3-9/h2-5,11,17H,6-8H2,1H3,(H,16,19). The van der Waals surface area contributed by atoms with Crippen molar-refractivity contribution < 1.29 is 19.4 Å². The van der Waals surface area contributed by atoms with Crippen molar-refractivity contribution in [2.45, 2.75) is 24.3 Å². The van der Waals surface area contributed by atoms with Crippen LogP contribution in [-0.2, 0) is 19.7 Å². The molecule has 1 aromatic rings. The van der Waals surface area contributed by atoms with Crippen molar-refractivity contribution in [1.82, 2.24) is 5.32 Å². The van der Waals surface area contributed by atoms with Crippen LogP contribution in [0.4, 0.5) is 0 Å². The van der Waals surface area contributed by atoms with Crippen molar-refractivity contribution in [2.75, 3.05) is 13.7 Å². The summed E-state index contributed by atoms with van der Waals surface area (Å²) in [6, 6.07) is 6.53.